The molecule has 2 fully saturated rings. The highest BCUT2D eigenvalue weighted by Gasteiger charge is 2.31. The van der Waals surface area contributed by atoms with Gasteiger partial charge in [-0.3, -0.25) is 14.5 Å². The van der Waals surface area contributed by atoms with Crippen molar-refractivity contribution in [1.29, 1.82) is 0 Å². The van der Waals surface area contributed by atoms with Crippen LogP contribution in [0, 0.1) is 18.3 Å². The minimum absolute atomic E-state index is 0.166. The lowest BCUT2D eigenvalue weighted by atomic mass is 10.00. The first-order valence-electron chi connectivity index (χ1n) is 11.4. The zero-order chi connectivity index (χ0) is 23.7. The molecule has 0 bridgehead atoms. The average Bonchev–Trinajstić information content (AvgIpc) is 3.24. The topological polar surface area (TPSA) is 101 Å². The molecule has 9 heteroatoms. The zero-order valence-corrected chi connectivity index (χ0v) is 18.9. The number of rotatable bonds is 6. The minimum Gasteiger partial charge on any atom is -0.366 e. The number of fused-ring (bicyclic) bond motifs is 1. The molecule has 9 nitrogen and oxygen atoms in total. The number of likely N-dealkylation sites (tertiary alicyclic amines) is 1. The van der Waals surface area contributed by atoms with Gasteiger partial charge in [0.05, 0.1) is 12.1 Å². The van der Waals surface area contributed by atoms with E-state index in [1.807, 2.05) is 29.3 Å². The highest BCUT2D eigenvalue weighted by atomic mass is 16.2. The maximum atomic E-state index is 12.8. The third kappa shape index (κ3) is 4.45. The normalized spacial score (nSPS) is 16.9. The number of hydrogen-bond acceptors (Lipinski definition) is 6. The summed E-state index contributed by atoms with van der Waals surface area (Å²) in [5, 5.41) is 1.09. The van der Waals surface area contributed by atoms with E-state index in [1.165, 1.54) is 0 Å². The van der Waals surface area contributed by atoms with Gasteiger partial charge >= 0.3 is 0 Å². The smallest absolute Gasteiger partial charge is 0.248 e. The highest BCUT2D eigenvalue weighted by molar-refractivity contribution is 5.97. The molecule has 0 spiro atoms. The van der Waals surface area contributed by atoms with Crippen LogP contribution in [0.3, 0.4) is 0 Å². The van der Waals surface area contributed by atoms with E-state index in [0.717, 1.165) is 30.5 Å². The largest absolute Gasteiger partial charge is 0.366 e. The number of aromatic nitrogens is 3. The molecule has 2 saturated heterocycles. The molecule has 0 aliphatic carbocycles. The molecule has 0 radical (unpaired) electrons. The molecule has 3 aromatic rings. The van der Waals surface area contributed by atoms with Crippen LogP contribution in [0.4, 0.5) is 5.95 Å². The molecule has 2 aliphatic heterocycles. The Kier molecular flexibility index (Phi) is 5.90. The van der Waals surface area contributed by atoms with Gasteiger partial charge in [-0.15, -0.1) is 6.42 Å². The molecule has 1 aromatic carbocycles. The highest BCUT2D eigenvalue weighted by Crippen LogP contribution is 2.23. The van der Waals surface area contributed by atoms with E-state index in [9.17, 15) is 9.59 Å². The third-order valence-corrected chi connectivity index (χ3v) is 6.63. The second-order valence-corrected chi connectivity index (χ2v) is 8.95. The molecule has 4 heterocycles. The van der Waals surface area contributed by atoms with Gasteiger partial charge in [-0.1, -0.05) is 12.0 Å². The fourth-order valence-electron chi connectivity index (χ4n) is 4.70. The Balaban J connectivity index is 1.09. The van der Waals surface area contributed by atoms with Crippen molar-refractivity contribution in [3.63, 3.8) is 0 Å². The van der Waals surface area contributed by atoms with Crippen molar-refractivity contribution in [3.8, 4) is 12.3 Å². The van der Waals surface area contributed by atoms with Gasteiger partial charge in [-0.05, 0) is 23.6 Å². The number of terminal acetylenes is 1. The first-order valence-corrected chi connectivity index (χ1v) is 11.4. The number of carbonyl (C=O) groups excluding carboxylic acids is 2. The van der Waals surface area contributed by atoms with Crippen LogP contribution >= 0.6 is 0 Å². The SMILES string of the molecule is C#Cc1cnc(N2CCN(C(=O)CN3CC(Cn4ccc5ccc(C(N)=O)cc54)C3)CC2)nc1. The van der Waals surface area contributed by atoms with Crippen LogP contribution in [-0.2, 0) is 11.3 Å². The molecule has 174 valence electrons. The number of amides is 2. The van der Waals surface area contributed by atoms with Crippen LogP contribution in [0.15, 0.2) is 42.9 Å². The van der Waals surface area contributed by atoms with E-state index >= 15 is 0 Å². The first-order chi connectivity index (χ1) is 16.5. The number of benzene rings is 1. The maximum Gasteiger partial charge on any atom is 0.248 e. The van der Waals surface area contributed by atoms with E-state index in [2.05, 4.69) is 30.3 Å². The monoisotopic (exact) mass is 457 g/mol. The fourth-order valence-corrected chi connectivity index (χ4v) is 4.70. The number of primary amides is 1. The predicted octanol–water partition coefficient (Wildman–Crippen LogP) is 0.792. The van der Waals surface area contributed by atoms with Crippen molar-refractivity contribution in [3.05, 3.63) is 54.0 Å². The lowest BCUT2D eigenvalue weighted by Crippen LogP contribution is -2.55. The maximum absolute atomic E-state index is 12.8. The van der Waals surface area contributed by atoms with Gasteiger partial charge in [0.25, 0.3) is 0 Å². The lowest BCUT2D eigenvalue weighted by Gasteiger charge is -2.41. The number of piperazine rings is 1. The average molecular weight is 458 g/mol. The van der Waals surface area contributed by atoms with Crippen molar-refractivity contribution < 1.29 is 9.59 Å². The van der Waals surface area contributed by atoms with E-state index in [4.69, 9.17) is 12.2 Å². The van der Waals surface area contributed by atoms with Crippen LogP contribution in [0.1, 0.15) is 15.9 Å². The van der Waals surface area contributed by atoms with E-state index < -0.39 is 5.91 Å². The van der Waals surface area contributed by atoms with Crippen LogP contribution in [-0.4, -0.2) is 82.0 Å². The summed E-state index contributed by atoms with van der Waals surface area (Å²) < 4.78 is 2.17. The van der Waals surface area contributed by atoms with Crippen molar-refractivity contribution >= 4 is 28.7 Å². The van der Waals surface area contributed by atoms with Crippen LogP contribution in [0.2, 0.25) is 0 Å². The summed E-state index contributed by atoms with van der Waals surface area (Å²) in [6.45, 7) is 5.81. The Morgan fingerprint density at radius 2 is 1.82 bits per heavy atom. The molecular formula is C25H27N7O2. The van der Waals surface area contributed by atoms with Gasteiger partial charge in [-0.2, -0.15) is 0 Å². The van der Waals surface area contributed by atoms with E-state index in [0.29, 0.717) is 55.7 Å². The molecular weight excluding hydrogens is 430 g/mol. The summed E-state index contributed by atoms with van der Waals surface area (Å²) in [5.74, 6) is 3.39. The summed E-state index contributed by atoms with van der Waals surface area (Å²) in [6, 6.07) is 7.59. The molecule has 5 rings (SSSR count). The van der Waals surface area contributed by atoms with Crippen molar-refractivity contribution in [1.82, 2.24) is 24.3 Å². The molecule has 2 aliphatic rings. The van der Waals surface area contributed by atoms with Gasteiger partial charge in [0.1, 0.15) is 0 Å². The first kappa shape index (κ1) is 21.9. The van der Waals surface area contributed by atoms with Crippen LogP contribution in [0.25, 0.3) is 10.9 Å². The minimum atomic E-state index is -0.418. The number of carbonyl (C=O) groups is 2. The molecule has 0 unspecified atom stereocenters. The van der Waals surface area contributed by atoms with E-state index in [1.54, 1.807) is 18.5 Å². The van der Waals surface area contributed by atoms with Crippen molar-refractivity contribution in [2.24, 2.45) is 11.7 Å². The zero-order valence-electron chi connectivity index (χ0n) is 18.9. The number of hydrogen-bond donors (Lipinski definition) is 1. The Labute approximate surface area is 198 Å². The second-order valence-electron chi connectivity index (χ2n) is 8.95. The van der Waals surface area contributed by atoms with Gasteiger partial charge in [0.15, 0.2) is 0 Å². The fraction of sp³-hybridized carbons (Fsp3) is 0.360. The predicted molar refractivity (Wildman–Crippen MR) is 129 cm³/mol. The molecule has 0 atom stereocenters. The second kappa shape index (κ2) is 9.15. The van der Waals surface area contributed by atoms with Gasteiger partial charge in [0, 0.05) is 81.4 Å². The van der Waals surface area contributed by atoms with Gasteiger partial charge < -0.3 is 20.1 Å². The van der Waals surface area contributed by atoms with Crippen molar-refractivity contribution in [2.75, 3.05) is 50.7 Å². The van der Waals surface area contributed by atoms with Crippen molar-refractivity contribution in [2.45, 2.75) is 6.54 Å². The van der Waals surface area contributed by atoms with Crippen LogP contribution < -0.4 is 10.6 Å². The molecule has 2 amide bonds. The Hall–Kier alpha value is -3.90. The van der Waals surface area contributed by atoms with Crippen LogP contribution in [0.5, 0.6) is 0 Å². The number of nitrogens with zero attached hydrogens (tertiary/aromatic N) is 6. The summed E-state index contributed by atoms with van der Waals surface area (Å²) >= 11 is 0. The standard InChI is InChI=1S/C25H27N7O2/c1-2-18-12-27-25(28-13-18)31-9-7-30(8-10-31)23(33)17-29-14-19(15-29)16-32-6-5-20-3-4-21(24(26)34)11-22(20)32/h1,3-6,11-13,19H,7-10,14-17H2,(H2,26,34). The Morgan fingerprint density at radius 1 is 1.09 bits per heavy atom. The summed E-state index contributed by atoms with van der Waals surface area (Å²) in [7, 11) is 0. The van der Waals surface area contributed by atoms with Gasteiger partial charge in [-0.25, -0.2) is 9.97 Å². The summed E-state index contributed by atoms with van der Waals surface area (Å²) in [4.78, 5) is 39.1. The molecule has 2 aromatic heterocycles. The third-order valence-electron chi connectivity index (χ3n) is 6.63. The number of anilines is 1. The molecule has 0 saturated carbocycles. The quantitative estimate of drug-likeness (QED) is 0.550. The van der Waals surface area contributed by atoms with E-state index in [-0.39, 0.29) is 5.91 Å². The lowest BCUT2D eigenvalue weighted by molar-refractivity contribution is -0.134. The Bertz CT molecular complexity index is 1250. The van der Waals surface area contributed by atoms with Gasteiger partial charge in [0.2, 0.25) is 17.8 Å². The molecule has 2 N–H and O–H groups in total. The number of nitrogens with two attached hydrogens (primary N) is 1. The Morgan fingerprint density at radius 3 is 2.50 bits per heavy atom. The molecule has 34 heavy (non-hydrogen) atoms. The summed E-state index contributed by atoms with van der Waals surface area (Å²) in [6.07, 6.45) is 10.7. The summed E-state index contributed by atoms with van der Waals surface area (Å²) in [5.41, 5.74) is 7.62.